The van der Waals surface area contributed by atoms with Crippen molar-refractivity contribution >= 4 is 15.7 Å². The zero-order valence-corrected chi connectivity index (χ0v) is 12.6. The highest BCUT2D eigenvalue weighted by molar-refractivity contribution is 7.93. The van der Waals surface area contributed by atoms with Gasteiger partial charge in [-0.25, -0.2) is 13.4 Å². The summed E-state index contributed by atoms with van der Waals surface area (Å²) < 4.78 is 63.2. The van der Waals surface area contributed by atoms with E-state index in [0.29, 0.717) is 6.54 Å². The minimum Gasteiger partial charge on any atom is -0.315 e. The van der Waals surface area contributed by atoms with E-state index in [1.54, 1.807) is 0 Å². The van der Waals surface area contributed by atoms with Crippen LogP contribution in [0.5, 0.6) is 0 Å². The van der Waals surface area contributed by atoms with Crippen molar-refractivity contribution in [1.82, 2.24) is 10.3 Å². The molecule has 9 heteroatoms. The number of aromatic nitrogens is 1. The van der Waals surface area contributed by atoms with Crippen LogP contribution in [0.4, 0.5) is 18.9 Å². The molecule has 0 spiro atoms. The van der Waals surface area contributed by atoms with E-state index >= 15 is 0 Å². The van der Waals surface area contributed by atoms with Crippen molar-refractivity contribution in [3.05, 3.63) is 24.0 Å². The molecule has 0 aliphatic carbocycles. The predicted molar refractivity (Wildman–Crippen MR) is 74.4 cm³/mol. The van der Waals surface area contributed by atoms with Gasteiger partial charge in [-0.2, -0.15) is 13.2 Å². The standard InChI is InChI=1S/C12H18F3N3O2S/c1-3-6-16-7-9(2)21(19,20)18-10-4-5-11(17-8-10)12(13,14)15/h4-5,8-9,16,18H,3,6-7H2,1-2H3. The second-order valence-electron chi connectivity index (χ2n) is 4.59. The van der Waals surface area contributed by atoms with Crippen molar-refractivity contribution in [3.63, 3.8) is 0 Å². The fourth-order valence-electron chi connectivity index (χ4n) is 1.48. The highest BCUT2D eigenvalue weighted by Gasteiger charge is 2.32. The van der Waals surface area contributed by atoms with Crippen LogP contribution in [-0.4, -0.2) is 31.7 Å². The molecule has 1 heterocycles. The Bertz CT molecular complexity index is 544. The summed E-state index contributed by atoms with van der Waals surface area (Å²) in [4.78, 5) is 3.20. The lowest BCUT2D eigenvalue weighted by molar-refractivity contribution is -0.141. The maximum absolute atomic E-state index is 12.3. The van der Waals surface area contributed by atoms with Crippen molar-refractivity contribution in [2.45, 2.75) is 31.7 Å². The second kappa shape index (κ2) is 7.08. The van der Waals surface area contributed by atoms with Gasteiger partial charge >= 0.3 is 6.18 Å². The SMILES string of the molecule is CCCNCC(C)S(=O)(=O)Nc1ccc(C(F)(F)F)nc1. The van der Waals surface area contributed by atoms with Crippen LogP contribution < -0.4 is 10.0 Å². The zero-order chi connectivity index (χ0) is 16.1. The number of sulfonamides is 1. The Labute approximate surface area is 122 Å². The van der Waals surface area contributed by atoms with E-state index in [4.69, 9.17) is 0 Å². The topological polar surface area (TPSA) is 71.1 Å². The number of halogens is 3. The first-order valence-electron chi connectivity index (χ1n) is 6.42. The Morgan fingerprint density at radius 3 is 2.48 bits per heavy atom. The van der Waals surface area contributed by atoms with Crippen LogP contribution in [0.1, 0.15) is 26.0 Å². The highest BCUT2D eigenvalue weighted by atomic mass is 32.2. The van der Waals surface area contributed by atoms with Gasteiger partial charge in [0.25, 0.3) is 0 Å². The van der Waals surface area contributed by atoms with Crippen LogP contribution in [0.3, 0.4) is 0 Å². The summed E-state index contributed by atoms with van der Waals surface area (Å²) in [5.41, 5.74) is -1.06. The van der Waals surface area contributed by atoms with E-state index < -0.39 is 27.1 Å². The lowest BCUT2D eigenvalue weighted by Gasteiger charge is -2.15. The molecule has 1 aromatic heterocycles. The van der Waals surface area contributed by atoms with Crippen LogP contribution in [-0.2, 0) is 16.2 Å². The van der Waals surface area contributed by atoms with E-state index in [1.165, 1.54) is 6.92 Å². The molecule has 0 bridgehead atoms. The third-order valence-electron chi connectivity index (χ3n) is 2.70. The van der Waals surface area contributed by atoms with Gasteiger partial charge in [-0.05, 0) is 32.0 Å². The molecule has 1 atom stereocenters. The van der Waals surface area contributed by atoms with Crippen LogP contribution >= 0.6 is 0 Å². The van der Waals surface area contributed by atoms with Crippen LogP contribution in [0.2, 0.25) is 0 Å². The normalized spacial score (nSPS) is 14.0. The van der Waals surface area contributed by atoms with E-state index in [1.807, 2.05) is 6.92 Å². The summed E-state index contributed by atoms with van der Waals surface area (Å²) in [5.74, 6) is 0. The second-order valence-corrected chi connectivity index (χ2v) is 6.69. The number of nitrogens with zero attached hydrogens (tertiary/aromatic N) is 1. The molecule has 0 amide bonds. The van der Waals surface area contributed by atoms with E-state index in [9.17, 15) is 21.6 Å². The molecule has 0 saturated heterocycles. The van der Waals surface area contributed by atoms with Gasteiger partial charge < -0.3 is 5.32 Å². The van der Waals surface area contributed by atoms with Crippen LogP contribution in [0.25, 0.3) is 0 Å². The van der Waals surface area contributed by atoms with Crippen molar-refractivity contribution in [2.75, 3.05) is 17.8 Å². The lowest BCUT2D eigenvalue weighted by atomic mass is 10.3. The Hall–Kier alpha value is -1.35. The van der Waals surface area contributed by atoms with Crippen molar-refractivity contribution in [1.29, 1.82) is 0 Å². The van der Waals surface area contributed by atoms with E-state index in [2.05, 4.69) is 15.0 Å². The summed E-state index contributed by atoms with van der Waals surface area (Å²) in [6.45, 7) is 4.43. The number of nitrogens with one attached hydrogen (secondary N) is 2. The summed E-state index contributed by atoms with van der Waals surface area (Å²) >= 11 is 0. The summed E-state index contributed by atoms with van der Waals surface area (Å²) in [5, 5.41) is 2.26. The quantitative estimate of drug-likeness (QED) is 0.754. The monoisotopic (exact) mass is 325 g/mol. The smallest absolute Gasteiger partial charge is 0.315 e. The number of rotatable bonds is 7. The molecule has 0 fully saturated rings. The lowest BCUT2D eigenvalue weighted by Crippen LogP contribution is -2.35. The van der Waals surface area contributed by atoms with Gasteiger partial charge in [-0.15, -0.1) is 0 Å². The van der Waals surface area contributed by atoms with E-state index in [-0.39, 0.29) is 12.2 Å². The van der Waals surface area contributed by atoms with Gasteiger partial charge in [0.2, 0.25) is 10.0 Å². The number of pyridine rings is 1. The molecule has 1 unspecified atom stereocenters. The van der Waals surface area contributed by atoms with Crippen LogP contribution in [0, 0.1) is 0 Å². The molecule has 0 aromatic carbocycles. The molecule has 1 rings (SSSR count). The average Bonchev–Trinajstić information content (AvgIpc) is 2.38. The molecule has 0 radical (unpaired) electrons. The van der Waals surface area contributed by atoms with Gasteiger partial charge in [0, 0.05) is 6.54 Å². The fourth-order valence-corrected chi connectivity index (χ4v) is 2.47. The highest BCUT2D eigenvalue weighted by Crippen LogP contribution is 2.28. The minimum absolute atomic E-state index is 0.00495. The van der Waals surface area contributed by atoms with Gasteiger partial charge in [-0.1, -0.05) is 6.92 Å². The third kappa shape index (κ3) is 5.50. The molecular formula is C12H18F3N3O2S. The number of anilines is 1. The maximum atomic E-state index is 12.3. The number of hydrogen-bond donors (Lipinski definition) is 2. The summed E-state index contributed by atoms with van der Waals surface area (Å²) in [7, 11) is -3.68. The molecule has 21 heavy (non-hydrogen) atoms. The summed E-state index contributed by atoms with van der Waals surface area (Å²) in [6.07, 6.45) is -2.82. The maximum Gasteiger partial charge on any atom is 0.433 e. The first-order valence-corrected chi connectivity index (χ1v) is 7.97. The molecule has 0 saturated carbocycles. The fraction of sp³-hybridized carbons (Fsp3) is 0.583. The Morgan fingerprint density at radius 1 is 1.33 bits per heavy atom. The van der Waals surface area contributed by atoms with Gasteiger partial charge in [0.1, 0.15) is 5.69 Å². The minimum atomic E-state index is -4.55. The predicted octanol–water partition coefficient (Wildman–Crippen LogP) is 2.23. The number of alkyl halides is 3. The first kappa shape index (κ1) is 17.7. The molecule has 0 aliphatic rings. The van der Waals surface area contributed by atoms with Crippen molar-refractivity contribution in [3.8, 4) is 0 Å². The molecule has 5 nitrogen and oxygen atoms in total. The summed E-state index contributed by atoms with van der Waals surface area (Å²) in [6, 6.07) is 1.78. The Morgan fingerprint density at radius 2 is 2.00 bits per heavy atom. The first-order chi connectivity index (χ1) is 9.66. The third-order valence-corrected chi connectivity index (χ3v) is 4.45. The van der Waals surface area contributed by atoms with Gasteiger partial charge in [-0.3, -0.25) is 4.72 Å². The van der Waals surface area contributed by atoms with Crippen LogP contribution in [0.15, 0.2) is 18.3 Å². The Kier molecular flexibility index (Phi) is 5.97. The average molecular weight is 325 g/mol. The molecule has 1 aromatic rings. The molecule has 0 aliphatic heterocycles. The number of hydrogen-bond acceptors (Lipinski definition) is 4. The largest absolute Gasteiger partial charge is 0.433 e. The molecule has 120 valence electrons. The van der Waals surface area contributed by atoms with Gasteiger partial charge in [0.05, 0.1) is 17.1 Å². The molecule has 2 N–H and O–H groups in total. The Balaban J connectivity index is 2.71. The molecular weight excluding hydrogens is 307 g/mol. The van der Waals surface area contributed by atoms with E-state index in [0.717, 1.165) is 24.8 Å². The van der Waals surface area contributed by atoms with Gasteiger partial charge in [0.15, 0.2) is 0 Å². The van der Waals surface area contributed by atoms with Crippen molar-refractivity contribution in [2.24, 2.45) is 0 Å². The zero-order valence-electron chi connectivity index (χ0n) is 11.7. The van der Waals surface area contributed by atoms with Crippen molar-refractivity contribution < 1.29 is 21.6 Å².